The van der Waals surface area contributed by atoms with Gasteiger partial charge in [0.05, 0.1) is 5.51 Å². The van der Waals surface area contributed by atoms with Crippen molar-refractivity contribution in [3.8, 4) is 0 Å². The minimum Gasteiger partial charge on any atom is -0.253 e. The van der Waals surface area contributed by atoms with Crippen molar-refractivity contribution in [3.05, 3.63) is 16.6 Å². The quantitative estimate of drug-likeness (QED) is 0.743. The van der Waals surface area contributed by atoms with Crippen molar-refractivity contribution >= 4 is 27.3 Å². The van der Waals surface area contributed by atoms with Gasteiger partial charge in [0.1, 0.15) is 0 Å². The summed E-state index contributed by atoms with van der Waals surface area (Å²) in [7, 11) is 0. The summed E-state index contributed by atoms with van der Waals surface area (Å²) in [6.07, 6.45) is 4.37. The highest BCUT2D eigenvalue weighted by atomic mass is 79.9. The molecule has 0 N–H and O–H groups in total. The second-order valence-electron chi connectivity index (χ2n) is 3.29. The monoisotopic (exact) mass is 247 g/mol. The standard InChI is InChI=1S/C9H14BrNS/c1-7(3-8(2)10)4-9-5-11-6-12-9/h5-8H,3-4H2,1-2H3. The first-order valence-electron chi connectivity index (χ1n) is 4.20. The average molecular weight is 248 g/mol. The third kappa shape index (κ3) is 3.68. The fourth-order valence-electron chi connectivity index (χ4n) is 1.32. The summed E-state index contributed by atoms with van der Waals surface area (Å²) >= 11 is 5.32. The maximum absolute atomic E-state index is 4.06. The minimum atomic E-state index is 0.625. The summed E-state index contributed by atoms with van der Waals surface area (Å²) in [6, 6.07) is 0. The van der Waals surface area contributed by atoms with Gasteiger partial charge in [-0.2, -0.15) is 0 Å². The highest BCUT2D eigenvalue weighted by molar-refractivity contribution is 9.09. The molecule has 0 spiro atoms. The van der Waals surface area contributed by atoms with Crippen LogP contribution in [0.2, 0.25) is 0 Å². The molecule has 1 aromatic rings. The van der Waals surface area contributed by atoms with E-state index in [1.807, 2.05) is 11.7 Å². The van der Waals surface area contributed by atoms with E-state index in [0.29, 0.717) is 4.83 Å². The number of hydrogen-bond acceptors (Lipinski definition) is 2. The van der Waals surface area contributed by atoms with E-state index >= 15 is 0 Å². The Balaban J connectivity index is 2.32. The van der Waals surface area contributed by atoms with Crippen LogP contribution in [-0.2, 0) is 6.42 Å². The first-order chi connectivity index (χ1) is 5.68. The van der Waals surface area contributed by atoms with E-state index in [4.69, 9.17) is 0 Å². The molecule has 2 atom stereocenters. The Morgan fingerprint density at radius 3 is 2.83 bits per heavy atom. The molecule has 0 fully saturated rings. The molecule has 3 heteroatoms. The van der Waals surface area contributed by atoms with Crippen molar-refractivity contribution in [2.24, 2.45) is 5.92 Å². The Kier molecular flexibility index (Phi) is 4.22. The smallest absolute Gasteiger partial charge is 0.0794 e. The zero-order valence-electron chi connectivity index (χ0n) is 7.46. The van der Waals surface area contributed by atoms with Crippen LogP contribution in [0.4, 0.5) is 0 Å². The zero-order valence-corrected chi connectivity index (χ0v) is 9.86. The molecule has 0 saturated heterocycles. The highest BCUT2D eigenvalue weighted by Crippen LogP contribution is 2.18. The molecule has 1 nitrogen and oxygen atoms in total. The Morgan fingerprint density at radius 2 is 2.33 bits per heavy atom. The number of rotatable bonds is 4. The first kappa shape index (κ1) is 10.2. The molecule has 0 aromatic carbocycles. The van der Waals surface area contributed by atoms with Gasteiger partial charge in [0.25, 0.3) is 0 Å². The van der Waals surface area contributed by atoms with Crippen molar-refractivity contribution in [3.63, 3.8) is 0 Å². The molecule has 2 unspecified atom stereocenters. The second-order valence-corrected chi connectivity index (χ2v) is 5.83. The third-order valence-corrected chi connectivity index (χ3v) is 2.94. The van der Waals surface area contributed by atoms with Gasteiger partial charge in [0.15, 0.2) is 0 Å². The Labute approximate surface area is 86.3 Å². The van der Waals surface area contributed by atoms with Crippen LogP contribution >= 0.6 is 27.3 Å². The van der Waals surface area contributed by atoms with Crippen molar-refractivity contribution in [2.45, 2.75) is 31.5 Å². The van der Waals surface area contributed by atoms with Gasteiger partial charge in [-0.1, -0.05) is 29.8 Å². The molecular weight excluding hydrogens is 234 g/mol. The summed E-state index contributed by atoms with van der Waals surface area (Å²) in [5.74, 6) is 0.750. The van der Waals surface area contributed by atoms with Crippen LogP contribution in [-0.4, -0.2) is 9.81 Å². The van der Waals surface area contributed by atoms with Gasteiger partial charge in [-0.15, -0.1) is 11.3 Å². The van der Waals surface area contributed by atoms with Crippen LogP contribution in [0.25, 0.3) is 0 Å². The van der Waals surface area contributed by atoms with E-state index in [0.717, 1.165) is 5.92 Å². The Hall–Kier alpha value is 0.110. The van der Waals surface area contributed by atoms with Crippen LogP contribution in [0.15, 0.2) is 11.7 Å². The lowest BCUT2D eigenvalue weighted by Crippen LogP contribution is -2.03. The molecule has 0 aliphatic rings. The molecular formula is C9H14BrNS. The molecule has 0 aliphatic carbocycles. The van der Waals surface area contributed by atoms with Crippen LogP contribution < -0.4 is 0 Å². The van der Waals surface area contributed by atoms with E-state index in [1.54, 1.807) is 11.3 Å². The number of hydrogen-bond donors (Lipinski definition) is 0. The van der Waals surface area contributed by atoms with Crippen LogP contribution in [0.1, 0.15) is 25.1 Å². The van der Waals surface area contributed by atoms with E-state index in [-0.39, 0.29) is 0 Å². The van der Waals surface area contributed by atoms with Gasteiger partial charge < -0.3 is 0 Å². The maximum atomic E-state index is 4.06. The number of thiazole rings is 1. The lowest BCUT2D eigenvalue weighted by molar-refractivity contribution is 0.536. The molecule has 0 radical (unpaired) electrons. The first-order valence-corrected chi connectivity index (χ1v) is 5.99. The molecule has 0 saturated carbocycles. The third-order valence-electron chi connectivity index (χ3n) is 1.76. The van der Waals surface area contributed by atoms with E-state index < -0.39 is 0 Å². The van der Waals surface area contributed by atoms with Crippen molar-refractivity contribution in [2.75, 3.05) is 0 Å². The second kappa shape index (κ2) is 4.97. The molecule has 12 heavy (non-hydrogen) atoms. The number of alkyl halides is 1. The largest absolute Gasteiger partial charge is 0.253 e. The number of aromatic nitrogens is 1. The van der Waals surface area contributed by atoms with Gasteiger partial charge in [-0.25, -0.2) is 0 Å². The summed E-state index contributed by atoms with van der Waals surface area (Å²) < 4.78 is 0. The van der Waals surface area contributed by atoms with E-state index in [2.05, 4.69) is 34.8 Å². The maximum Gasteiger partial charge on any atom is 0.0794 e. The Morgan fingerprint density at radius 1 is 1.58 bits per heavy atom. The lowest BCUT2D eigenvalue weighted by Gasteiger charge is -2.10. The van der Waals surface area contributed by atoms with Crippen LogP contribution in [0.5, 0.6) is 0 Å². The van der Waals surface area contributed by atoms with Crippen molar-refractivity contribution in [1.82, 2.24) is 4.98 Å². The normalized spacial score (nSPS) is 15.9. The zero-order chi connectivity index (χ0) is 8.97. The highest BCUT2D eigenvalue weighted by Gasteiger charge is 2.07. The SMILES string of the molecule is CC(Br)CC(C)Cc1cncs1. The topological polar surface area (TPSA) is 12.9 Å². The summed E-state index contributed by atoms with van der Waals surface area (Å²) in [4.78, 5) is 6.09. The molecule has 0 amide bonds. The molecule has 68 valence electrons. The number of halogens is 1. The molecule has 0 aliphatic heterocycles. The van der Waals surface area contributed by atoms with Crippen LogP contribution in [0.3, 0.4) is 0 Å². The van der Waals surface area contributed by atoms with Crippen molar-refractivity contribution < 1.29 is 0 Å². The van der Waals surface area contributed by atoms with Crippen LogP contribution in [0, 0.1) is 5.92 Å². The predicted molar refractivity (Wildman–Crippen MR) is 58.0 cm³/mol. The van der Waals surface area contributed by atoms with Crippen molar-refractivity contribution in [1.29, 1.82) is 0 Å². The predicted octanol–water partition coefficient (Wildman–Crippen LogP) is 3.50. The van der Waals surface area contributed by atoms with E-state index in [1.165, 1.54) is 17.7 Å². The average Bonchev–Trinajstić information content (AvgIpc) is 2.37. The molecule has 1 heterocycles. The molecule has 0 bridgehead atoms. The molecule has 1 rings (SSSR count). The minimum absolute atomic E-state index is 0.625. The van der Waals surface area contributed by atoms with E-state index in [9.17, 15) is 0 Å². The van der Waals surface area contributed by atoms with Gasteiger partial charge in [-0.3, -0.25) is 4.98 Å². The summed E-state index contributed by atoms with van der Waals surface area (Å²) in [6.45, 7) is 4.49. The molecule has 1 aromatic heterocycles. The van der Waals surface area contributed by atoms with Gasteiger partial charge >= 0.3 is 0 Å². The Bertz CT molecular complexity index is 208. The lowest BCUT2D eigenvalue weighted by atomic mass is 10.0. The fourth-order valence-corrected chi connectivity index (χ4v) is 2.72. The summed E-state index contributed by atoms with van der Waals surface area (Å²) in [5, 5.41) is 0. The summed E-state index contributed by atoms with van der Waals surface area (Å²) in [5.41, 5.74) is 1.90. The number of nitrogens with zero attached hydrogens (tertiary/aromatic N) is 1. The van der Waals surface area contributed by atoms with Gasteiger partial charge in [0, 0.05) is 15.9 Å². The van der Waals surface area contributed by atoms with Gasteiger partial charge in [-0.05, 0) is 18.8 Å². The van der Waals surface area contributed by atoms with Gasteiger partial charge in [0.2, 0.25) is 0 Å². The fraction of sp³-hybridized carbons (Fsp3) is 0.667.